The number of ether oxygens (including phenoxy) is 3. The summed E-state index contributed by atoms with van der Waals surface area (Å²) in [5, 5.41) is 13.1. The number of nitrogens with one attached hydrogen (secondary N) is 3. The van der Waals surface area contributed by atoms with Crippen LogP contribution in [-0.2, 0) is 26.9 Å². The van der Waals surface area contributed by atoms with Crippen LogP contribution < -0.4 is 16.0 Å². The Kier molecular flexibility index (Phi) is 8.03. The molecule has 2 aliphatic heterocycles. The summed E-state index contributed by atoms with van der Waals surface area (Å²) in [6.45, 7) is 10.7. The third-order valence-electron chi connectivity index (χ3n) is 6.27. The lowest BCUT2D eigenvalue weighted by molar-refractivity contribution is -0.1000. The maximum absolute atomic E-state index is 13.3. The van der Waals surface area contributed by atoms with Gasteiger partial charge < -0.3 is 24.8 Å². The van der Waals surface area contributed by atoms with Crippen LogP contribution in [0.5, 0.6) is 0 Å². The van der Waals surface area contributed by atoms with Gasteiger partial charge in [0.2, 0.25) is 0 Å². The number of alkyl carbamates (subject to hydrolysis) is 1. The minimum absolute atomic E-state index is 0.0422. The van der Waals surface area contributed by atoms with Gasteiger partial charge in [-0.25, -0.2) is 14.6 Å². The number of aromatic nitrogens is 3. The molecule has 4 rings (SSSR count). The van der Waals surface area contributed by atoms with Crippen molar-refractivity contribution >= 4 is 56.0 Å². The van der Waals surface area contributed by atoms with E-state index in [1.807, 2.05) is 20.8 Å². The van der Waals surface area contributed by atoms with Crippen LogP contribution in [0.1, 0.15) is 83.4 Å². The van der Waals surface area contributed by atoms with E-state index in [9.17, 15) is 14.4 Å². The molecule has 3 atom stereocenters. The molecule has 2 aliphatic rings. The zero-order valence-corrected chi connectivity index (χ0v) is 25.5. The van der Waals surface area contributed by atoms with Crippen LogP contribution in [0.4, 0.5) is 20.3 Å². The molecule has 2 bridgehead atoms. The highest BCUT2D eigenvalue weighted by molar-refractivity contribution is 9.11. The third kappa shape index (κ3) is 6.90. The molecule has 0 aliphatic carbocycles. The summed E-state index contributed by atoms with van der Waals surface area (Å²) in [7, 11) is 1.80. The quantitative estimate of drug-likeness (QED) is 0.405. The fourth-order valence-corrected chi connectivity index (χ4v) is 6.26. The molecule has 0 aromatic carbocycles. The van der Waals surface area contributed by atoms with Gasteiger partial charge in [0.15, 0.2) is 9.61 Å². The van der Waals surface area contributed by atoms with E-state index in [1.165, 1.54) is 0 Å². The number of halogens is 1. The molecule has 214 valence electrons. The molecule has 0 radical (unpaired) electrons. The smallest absolute Gasteiger partial charge is 0.412 e. The van der Waals surface area contributed by atoms with E-state index >= 15 is 0 Å². The first kappa shape index (κ1) is 29.3. The number of anilines is 2. The van der Waals surface area contributed by atoms with Gasteiger partial charge in [0.25, 0.3) is 5.91 Å². The van der Waals surface area contributed by atoms with E-state index in [4.69, 9.17) is 14.2 Å². The molecule has 2 saturated heterocycles. The van der Waals surface area contributed by atoms with Crippen LogP contribution >= 0.6 is 27.3 Å². The molecule has 14 heteroatoms. The zero-order chi connectivity index (χ0) is 28.8. The summed E-state index contributed by atoms with van der Waals surface area (Å²) >= 11 is 4.40. The Morgan fingerprint density at radius 1 is 1.08 bits per heavy atom. The minimum Gasteiger partial charge on any atom is -0.444 e. The Morgan fingerprint density at radius 3 is 2.38 bits per heavy atom. The molecule has 2 aromatic rings. The number of aryl methyl sites for hydroxylation is 1. The predicted octanol–water partition coefficient (Wildman–Crippen LogP) is 5.30. The molecular formula is C25H35BrN6O6S. The highest BCUT2D eigenvalue weighted by atomic mass is 79.9. The first-order valence-corrected chi connectivity index (χ1v) is 14.3. The Labute approximate surface area is 239 Å². The second-order valence-electron chi connectivity index (χ2n) is 11.7. The molecule has 4 heterocycles. The summed E-state index contributed by atoms with van der Waals surface area (Å²) in [6.07, 6.45) is 2.99. The Hall–Kier alpha value is -2.71. The number of carbonyl (C=O) groups is 3. The first-order chi connectivity index (χ1) is 18.1. The highest BCUT2D eigenvalue weighted by Crippen LogP contribution is 2.50. The molecule has 0 saturated carbocycles. The Morgan fingerprint density at radius 2 is 1.72 bits per heavy atom. The molecule has 0 spiro atoms. The highest BCUT2D eigenvalue weighted by Gasteiger charge is 2.51. The molecule has 3 unspecified atom stereocenters. The van der Waals surface area contributed by atoms with Crippen molar-refractivity contribution in [1.29, 1.82) is 0 Å². The molecule has 2 aromatic heterocycles. The summed E-state index contributed by atoms with van der Waals surface area (Å²) in [5.74, 6) is -0.511. The number of thiazole rings is 1. The van der Waals surface area contributed by atoms with Crippen molar-refractivity contribution in [2.24, 2.45) is 7.05 Å². The van der Waals surface area contributed by atoms with E-state index in [-0.39, 0.29) is 22.8 Å². The van der Waals surface area contributed by atoms with Crippen LogP contribution in [0.3, 0.4) is 0 Å². The zero-order valence-electron chi connectivity index (χ0n) is 23.1. The van der Waals surface area contributed by atoms with Crippen LogP contribution in [0.15, 0.2) is 10.1 Å². The maximum atomic E-state index is 13.3. The average molecular weight is 628 g/mol. The Bertz CT molecular complexity index is 1260. The van der Waals surface area contributed by atoms with E-state index < -0.39 is 34.9 Å². The van der Waals surface area contributed by atoms with E-state index in [0.29, 0.717) is 28.9 Å². The standard InChI is InChI=1S/C25H35BrN6O6S/c1-23(2,3)37-21(34)29-13-8-10-25(11-9-15(13)36-25)17-14(12-27-32(17)7)28-18(33)16-19(39-20(26)30-16)31-22(35)38-24(4,5)6/h12-13,15H,8-11H2,1-7H3,(H,28,33)(H,29,34)(H,31,35). The van der Waals surface area contributed by atoms with Crippen LogP contribution in [0, 0.1) is 0 Å². The van der Waals surface area contributed by atoms with Gasteiger partial charge in [0.05, 0.1) is 29.7 Å². The second kappa shape index (κ2) is 10.7. The van der Waals surface area contributed by atoms with Crippen LogP contribution in [-0.4, -0.2) is 56.2 Å². The van der Waals surface area contributed by atoms with Gasteiger partial charge in [-0.05, 0) is 83.2 Å². The van der Waals surface area contributed by atoms with Crippen LogP contribution in [0.25, 0.3) is 0 Å². The van der Waals surface area contributed by atoms with Crippen LogP contribution in [0.2, 0.25) is 0 Å². The SMILES string of the molecule is Cn1ncc(NC(=O)c2nc(Br)sc2NC(=O)OC(C)(C)C)c1C12CCC(NC(=O)OC(C)(C)C)C(CC1)O2. The lowest BCUT2D eigenvalue weighted by atomic mass is 9.89. The number of rotatable bonds is 5. The fraction of sp³-hybridized carbons (Fsp3) is 0.640. The number of fused-ring (bicyclic) bond motifs is 2. The monoisotopic (exact) mass is 626 g/mol. The van der Waals surface area contributed by atoms with Crippen molar-refractivity contribution in [3.8, 4) is 0 Å². The van der Waals surface area contributed by atoms with Gasteiger partial charge in [-0.2, -0.15) is 5.10 Å². The van der Waals surface area contributed by atoms with E-state index in [2.05, 4.69) is 42.0 Å². The second-order valence-corrected chi connectivity index (χ2v) is 14.0. The molecule has 3 N–H and O–H groups in total. The Balaban J connectivity index is 1.49. The van der Waals surface area contributed by atoms with Gasteiger partial charge in [-0.15, -0.1) is 0 Å². The molecule has 2 fully saturated rings. The van der Waals surface area contributed by atoms with Crippen molar-refractivity contribution in [2.45, 2.75) is 96.2 Å². The topological polar surface area (TPSA) is 146 Å². The lowest BCUT2D eigenvalue weighted by Gasteiger charge is -2.38. The predicted molar refractivity (Wildman–Crippen MR) is 149 cm³/mol. The number of nitrogens with zero attached hydrogens (tertiary/aromatic N) is 3. The van der Waals surface area contributed by atoms with Crippen molar-refractivity contribution < 1.29 is 28.6 Å². The average Bonchev–Trinajstić information content (AvgIpc) is 3.43. The van der Waals surface area contributed by atoms with Gasteiger partial charge >= 0.3 is 12.2 Å². The van der Waals surface area contributed by atoms with E-state index in [1.54, 1.807) is 38.7 Å². The third-order valence-corrected chi connectivity index (χ3v) is 7.69. The van der Waals surface area contributed by atoms with Crippen molar-refractivity contribution in [1.82, 2.24) is 20.1 Å². The lowest BCUT2D eigenvalue weighted by Crippen LogP contribution is -2.49. The number of hydrogen-bond donors (Lipinski definition) is 3. The van der Waals surface area contributed by atoms with Crippen molar-refractivity contribution in [3.63, 3.8) is 0 Å². The number of carbonyl (C=O) groups excluding carboxylic acids is 3. The molecular weight excluding hydrogens is 592 g/mol. The van der Waals surface area contributed by atoms with Crippen molar-refractivity contribution in [3.05, 3.63) is 21.5 Å². The maximum Gasteiger partial charge on any atom is 0.412 e. The molecule has 12 nitrogen and oxygen atoms in total. The van der Waals surface area contributed by atoms with Gasteiger partial charge in [0, 0.05) is 7.05 Å². The number of amides is 3. The fourth-order valence-electron chi connectivity index (χ4n) is 4.92. The first-order valence-electron chi connectivity index (χ1n) is 12.7. The molecule has 39 heavy (non-hydrogen) atoms. The largest absolute Gasteiger partial charge is 0.444 e. The normalized spacial score (nSPS) is 22.8. The summed E-state index contributed by atoms with van der Waals surface area (Å²) in [4.78, 5) is 42.2. The van der Waals surface area contributed by atoms with Gasteiger partial charge in [-0.3, -0.25) is 14.8 Å². The summed E-state index contributed by atoms with van der Waals surface area (Å²) < 4.78 is 19.4. The van der Waals surface area contributed by atoms with E-state index in [0.717, 1.165) is 23.5 Å². The minimum atomic E-state index is -0.696. The summed E-state index contributed by atoms with van der Waals surface area (Å²) in [5.41, 5.74) is -0.667. The molecule has 3 amide bonds. The van der Waals surface area contributed by atoms with Gasteiger partial charge in [-0.1, -0.05) is 11.3 Å². The number of hydrogen-bond acceptors (Lipinski definition) is 9. The van der Waals surface area contributed by atoms with Gasteiger partial charge in [0.1, 0.15) is 21.8 Å². The summed E-state index contributed by atoms with van der Waals surface area (Å²) in [6, 6.07) is -0.171. The van der Waals surface area contributed by atoms with Crippen molar-refractivity contribution in [2.75, 3.05) is 10.6 Å².